The highest BCUT2D eigenvalue weighted by molar-refractivity contribution is 7.10. The van der Waals surface area contributed by atoms with Gasteiger partial charge in [0.15, 0.2) is 6.10 Å². The maximum atomic E-state index is 13.5. The van der Waals surface area contributed by atoms with Crippen LogP contribution in [0.4, 0.5) is 0 Å². The van der Waals surface area contributed by atoms with E-state index in [1.807, 2.05) is 66.0 Å². The van der Waals surface area contributed by atoms with Crippen molar-refractivity contribution in [1.82, 2.24) is 4.98 Å². The number of ether oxygens (including phenoxy) is 1. The van der Waals surface area contributed by atoms with Crippen LogP contribution >= 0.6 is 11.3 Å². The Morgan fingerprint density at radius 3 is 2.59 bits per heavy atom. The summed E-state index contributed by atoms with van der Waals surface area (Å²) in [6, 6.07) is 18.9. The average molecular weight is 404 g/mol. The number of carbonyl (C=O) groups is 2. The van der Waals surface area contributed by atoms with Crippen LogP contribution < -0.4 is 0 Å². The second kappa shape index (κ2) is 8.45. The predicted octanol–water partition coefficient (Wildman–Crippen LogP) is 5.50. The Labute approximate surface area is 173 Å². The number of benzene rings is 2. The largest absolute Gasteiger partial charge is 0.449 e. The Bertz CT molecular complexity index is 1130. The number of thiophene rings is 1. The Morgan fingerprint density at radius 2 is 1.86 bits per heavy atom. The van der Waals surface area contributed by atoms with Crippen molar-refractivity contribution in [3.8, 4) is 0 Å². The van der Waals surface area contributed by atoms with Gasteiger partial charge >= 0.3 is 5.97 Å². The maximum Gasteiger partial charge on any atom is 0.312 e. The standard InChI is InChI=1S/C24H21NO3S/c1-2-16-10-6-12-19-20(15-25-22(16)19)23(27)24(17-8-4-3-5-9-17)28-21(26)14-18-11-7-13-29-18/h3-13,15,24-25H,2,14H2,1H3/t24-/m1/s1. The summed E-state index contributed by atoms with van der Waals surface area (Å²) in [5.74, 6) is -0.640. The summed E-state index contributed by atoms with van der Waals surface area (Å²) >= 11 is 1.50. The molecule has 0 saturated heterocycles. The number of Topliss-reactive ketones (excluding diaryl/α,β-unsaturated/α-hetero) is 1. The third kappa shape index (κ3) is 4.00. The molecule has 0 unspecified atom stereocenters. The number of aryl methyl sites for hydroxylation is 1. The zero-order valence-electron chi connectivity index (χ0n) is 16.1. The molecule has 2 aromatic heterocycles. The summed E-state index contributed by atoms with van der Waals surface area (Å²) < 4.78 is 5.71. The molecule has 29 heavy (non-hydrogen) atoms. The lowest BCUT2D eigenvalue weighted by molar-refractivity contribution is -0.146. The first-order valence-electron chi connectivity index (χ1n) is 9.57. The average Bonchev–Trinajstić information content (AvgIpc) is 3.41. The molecule has 0 spiro atoms. The van der Waals surface area contributed by atoms with Gasteiger partial charge in [0.25, 0.3) is 0 Å². The van der Waals surface area contributed by atoms with Crippen LogP contribution in [0.5, 0.6) is 0 Å². The molecule has 1 N–H and O–H groups in total. The van der Waals surface area contributed by atoms with Crippen LogP contribution in [0, 0.1) is 0 Å². The zero-order chi connectivity index (χ0) is 20.2. The van der Waals surface area contributed by atoms with E-state index in [2.05, 4.69) is 11.9 Å². The van der Waals surface area contributed by atoms with Crippen molar-refractivity contribution < 1.29 is 14.3 Å². The molecule has 5 heteroatoms. The lowest BCUT2D eigenvalue weighted by atomic mass is 9.98. The van der Waals surface area contributed by atoms with E-state index >= 15 is 0 Å². The first kappa shape index (κ1) is 19.2. The van der Waals surface area contributed by atoms with Gasteiger partial charge in [-0.3, -0.25) is 9.59 Å². The quantitative estimate of drug-likeness (QED) is 0.327. The van der Waals surface area contributed by atoms with Gasteiger partial charge in [-0.05, 0) is 23.4 Å². The van der Waals surface area contributed by atoms with Gasteiger partial charge in [-0.1, -0.05) is 61.5 Å². The number of ketones is 1. The lowest BCUT2D eigenvalue weighted by Gasteiger charge is -2.17. The number of aromatic amines is 1. The zero-order valence-corrected chi connectivity index (χ0v) is 16.9. The molecule has 0 amide bonds. The van der Waals surface area contributed by atoms with E-state index in [1.54, 1.807) is 6.20 Å². The molecule has 2 aromatic carbocycles. The topological polar surface area (TPSA) is 59.2 Å². The maximum absolute atomic E-state index is 13.5. The van der Waals surface area contributed by atoms with Gasteiger partial charge in [-0.25, -0.2) is 0 Å². The van der Waals surface area contributed by atoms with E-state index in [-0.39, 0.29) is 12.2 Å². The molecule has 1 atom stereocenters. The van der Waals surface area contributed by atoms with Gasteiger partial charge in [0.05, 0.1) is 6.42 Å². The minimum absolute atomic E-state index is 0.155. The molecular weight excluding hydrogens is 382 g/mol. The molecule has 0 bridgehead atoms. The van der Waals surface area contributed by atoms with Crippen LogP contribution in [-0.2, 0) is 22.4 Å². The van der Waals surface area contributed by atoms with Gasteiger partial charge < -0.3 is 9.72 Å². The molecule has 0 aliphatic rings. The number of hydrogen-bond donors (Lipinski definition) is 1. The molecule has 0 aliphatic carbocycles. The van der Waals surface area contributed by atoms with Crippen LogP contribution in [0.2, 0.25) is 0 Å². The Hall–Kier alpha value is -3.18. The molecule has 2 heterocycles. The highest BCUT2D eigenvalue weighted by Crippen LogP contribution is 2.29. The van der Waals surface area contributed by atoms with Gasteiger partial charge in [0.1, 0.15) is 0 Å². The number of hydrogen-bond acceptors (Lipinski definition) is 4. The minimum atomic E-state index is -0.979. The molecule has 0 saturated carbocycles. The van der Waals surface area contributed by atoms with E-state index in [4.69, 9.17) is 4.74 Å². The number of rotatable bonds is 7. The SMILES string of the molecule is CCc1cccc2c(C(=O)[C@H](OC(=O)Cc3cccs3)c3ccccc3)c[nH]c12. The molecule has 146 valence electrons. The monoisotopic (exact) mass is 403 g/mol. The van der Waals surface area contributed by atoms with Crippen molar-refractivity contribution in [3.63, 3.8) is 0 Å². The predicted molar refractivity (Wildman–Crippen MR) is 115 cm³/mol. The summed E-state index contributed by atoms with van der Waals surface area (Å²) in [6.45, 7) is 2.08. The Balaban J connectivity index is 1.68. The molecule has 4 rings (SSSR count). The summed E-state index contributed by atoms with van der Waals surface area (Å²) in [5, 5.41) is 2.77. The number of carbonyl (C=O) groups excluding carboxylic acids is 2. The number of H-pyrrole nitrogens is 1. The van der Waals surface area contributed by atoms with Gasteiger partial charge in [0, 0.05) is 33.1 Å². The van der Waals surface area contributed by atoms with Crippen molar-refractivity contribution in [1.29, 1.82) is 0 Å². The fraction of sp³-hybridized carbons (Fsp3) is 0.167. The van der Waals surface area contributed by atoms with Gasteiger partial charge in [0.2, 0.25) is 5.78 Å². The summed E-state index contributed by atoms with van der Waals surface area (Å²) in [7, 11) is 0. The highest BCUT2D eigenvalue weighted by atomic mass is 32.1. The van der Waals surface area contributed by atoms with E-state index in [0.29, 0.717) is 11.1 Å². The molecule has 4 nitrogen and oxygen atoms in total. The number of nitrogens with one attached hydrogen (secondary N) is 1. The first-order valence-corrected chi connectivity index (χ1v) is 10.5. The summed E-state index contributed by atoms with van der Waals surface area (Å²) in [4.78, 5) is 30.2. The minimum Gasteiger partial charge on any atom is -0.449 e. The van der Waals surface area contributed by atoms with Crippen molar-refractivity contribution in [2.75, 3.05) is 0 Å². The van der Waals surface area contributed by atoms with E-state index in [9.17, 15) is 9.59 Å². The first-order chi connectivity index (χ1) is 14.2. The number of esters is 1. The number of para-hydroxylation sites is 1. The van der Waals surface area contributed by atoms with Crippen molar-refractivity contribution in [2.45, 2.75) is 25.9 Å². The number of aromatic nitrogens is 1. The van der Waals surface area contributed by atoms with Crippen LogP contribution in [0.15, 0.2) is 72.2 Å². The van der Waals surface area contributed by atoms with E-state index in [0.717, 1.165) is 27.8 Å². The molecule has 0 radical (unpaired) electrons. The Morgan fingerprint density at radius 1 is 1.03 bits per heavy atom. The lowest BCUT2D eigenvalue weighted by Crippen LogP contribution is -2.21. The molecule has 0 aliphatic heterocycles. The van der Waals surface area contributed by atoms with Gasteiger partial charge in [-0.2, -0.15) is 0 Å². The smallest absolute Gasteiger partial charge is 0.312 e. The normalized spacial score (nSPS) is 12.0. The number of fused-ring (bicyclic) bond motifs is 1. The van der Waals surface area contributed by atoms with Crippen molar-refractivity contribution >= 4 is 34.0 Å². The Kier molecular flexibility index (Phi) is 5.58. The van der Waals surface area contributed by atoms with Crippen molar-refractivity contribution in [3.05, 3.63) is 93.8 Å². The molecular formula is C24H21NO3S. The molecule has 0 fully saturated rings. The van der Waals surface area contributed by atoms with E-state index < -0.39 is 12.1 Å². The summed E-state index contributed by atoms with van der Waals surface area (Å²) in [6.07, 6.45) is 1.76. The van der Waals surface area contributed by atoms with Crippen LogP contribution in [0.1, 0.15) is 39.4 Å². The van der Waals surface area contributed by atoms with Gasteiger partial charge in [-0.15, -0.1) is 11.3 Å². The highest BCUT2D eigenvalue weighted by Gasteiger charge is 2.28. The summed E-state index contributed by atoms with van der Waals surface area (Å²) in [5.41, 5.74) is 3.30. The van der Waals surface area contributed by atoms with Crippen LogP contribution in [0.25, 0.3) is 10.9 Å². The fourth-order valence-corrected chi connectivity index (χ4v) is 4.18. The third-order valence-electron chi connectivity index (χ3n) is 4.94. The van der Waals surface area contributed by atoms with Crippen LogP contribution in [-0.4, -0.2) is 16.7 Å². The third-order valence-corrected chi connectivity index (χ3v) is 5.81. The fourth-order valence-electron chi connectivity index (χ4n) is 3.49. The van der Waals surface area contributed by atoms with Crippen LogP contribution in [0.3, 0.4) is 0 Å². The second-order valence-corrected chi connectivity index (χ2v) is 7.83. The second-order valence-electron chi connectivity index (χ2n) is 6.80. The van der Waals surface area contributed by atoms with E-state index in [1.165, 1.54) is 11.3 Å². The van der Waals surface area contributed by atoms with Crippen molar-refractivity contribution in [2.24, 2.45) is 0 Å². The molecule has 4 aromatic rings.